The zero-order chi connectivity index (χ0) is 16.4. The quantitative estimate of drug-likeness (QED) is 0.348. The second-order valence-corrected chi connectivity index (χ2v) is 4.40. The van der Waals surface area contributed by atoms with Crippen LogP contribution in [0.1, 0.15) is 5.56 Å². The van der Waals surface area contributed by atoms with Gasteiger partial charge in [0.2, 0.25) is 5.82 Å². The molecule has 0 amide bonds. The van der Waals surface area contributed by atoms with Gasteiger partial charge in [-0.15, -0.1) is 0 Å². The van der Waals surface area contributed by atoms with Crippen molar-refractivity contribution in [3.8, 4) is 0 Å². The lowest BCUT2D eigenvalue weighted by molar-refractivity contribution is 0.371. The molecule has 0 fully saturated rings. The number of hydrogen-bond acceptors (Lipinski definition) is 3. The SMILES string of the molecule is OB(O)c1cccc(NCc2c(F)c(F)c(F)c(F)c2F)c1. The Morgan fingerprint density at radius 1 is 0.864 bits per heavy atom. The maximum absolute atomic E-state index is 13.5. The molecule has 3 nitrogen and oxygen atoms in total. The third-order valence-corrected chi connectivity index (χ3v) is 2.95. The number of halogens is 5. The normalized spacial score (nSPS) is 10.7. The van der Waals surface area contributed by atoms with Gasteiger partial charge in [0.25, 0.3) is 0 Å². The van der Waals surface area contributed by atoms with Gasteiger partial charge in [-0.05, 0) is 17.6 Å². The summed E-state index contributed by atoms with van der Waals surface area (Å²) in [6.07, 6.45) is 0. The Morgan fingerprint density at radius 2 is 1.41 bits per heavy atom. The van der Waals surface area contributed by atoms with Crippen LogP contribution in [0.2, 0.25) is 0 Å². The molecular weight excluding hydrogens is 308 g/mol. The molecular formula is C13H9BF5NO2. The highest BCUT2D eigenvalue weighted by Crippen LogP contribution is 2.23. The second-order valence-electron chi connectivity index (χ2n) is 4.40. The van der Waals surface area contributed by atoms with Crippen molar-refractivity contribution in [2.75, 3.05) is 5.32 Å². The van der Waals surface area contributed by atoms with Gasteiger partial charge in [0.15, 0.2) is 23.3 Å². The van der Waals surface area contributed by atoms with E-state index in [2.05, 4.69) is 5.32 Å². The molecule has 9 heteroatoms. The number of anilines is 1. The van der Waals surface area contributed by atoms with Crippen molar-refractivity contribution in [1.82, 2.24) is 0 Å². The Morgan fingerprint density at radius 3 is 1.95 bits per heavy atom. The van der Waals surface area contributed by atoms with Crippen LogP contribution in [0.3, 0.4) is 0 Å². The Hall–Kier alpha value is -2.13. The second kappa shape index (κ2) is 6.33. The fourth-order valence-corrected chi connectivity index (χ4v) is 1.81. The van der Waals surface area contributed by atoms with Crippen molar-refractivity contribution in [2.24, 2.45) is 0 Å². The minimum absolute atomic E-state index is 0.0995. The van der Waals surface area contributed by atoms with Crippen LogP contribution < -0.4 is 10.8 Å². The van der Waals surface area contributed by atoms with Gasteiger partial charge in [-0.2, -0.15) is 0 Å². The van der Waals surface area contributed by atoms with E-state index in [4.69, 9.17) is 10.0 Å². The first-order chi connectivity index (χ1) is 10.3. The van der Waals surface area contributed by atoms with Gasteiger partial charge >= 0.3 is 7.12 Å². The van der Waals surface area contributed by atoms with Gasteiger partial charge in [-0.3, -0.25) is 0 Å². The predicted octanol–water partition coefficient (Wildman–Crippen LogP) is 1.67. The van der Waals surface area contributed by atoms with Crippen LogP contribution >= 0.6 is 0 Å². The number of rotatable bonds is 4. The number of benzene rings is 2. The minimum atomic E-state index is -2.22. The molecule has 0 radical (unpaired) electrons. The Balaban J connectivity index is 2.28. The van der Waals surface area contributed by atoms with Crippen molar-refractivity contribution < 1.29 is 32.0 Å². The molecule has 22 heavy (non-hydrogen) atoms. The standard InChI is InChI=1S/C13H9BF5NO2/c15-9-8(10(16)12(18)13(19)11(9)17)5-20-7-3-1-2-6(4-7)14(21)22/h1-4,20-22H,5H2. The molecule has 0 aliphatic heterocycles. The van der Waals surface area contributed by atoms with E-state index in [-0.39, 0.29) is 11.2 Å². The highest BCUT2D eigenvalue weighted by Gasteiger charge is 2.25. The zero-order valence-corrected chi connectivity index (χ0v) is 10.9. The average Bonchev–Trinajstić information content (AvgIpc) is 2.51. The molecule has 0 saturated heterocycles. The Kier molecular flexibility index (Phi) is 4.67. The molecule has 2 rings (SSSR count). The highest BCUT2D eigenvalue weighted by molar-refractivity contribution is 6.58. The summed E-state index contributed by atoms with van der Waals surface area (Å²) in [7, 11) is -1.75. The summed E-state index contributed by atoms with van der Waals surface area (Å²) in [4.78, 5) is 0. The third kappa shape index (κ3) is 3.05. The summed E-state index contributed by atoms with van der Waals surface area (Å²) in [6, 6.07) is 5.50. The lowest BCUT2D eigenvalue weighted by Crippen LogP contribution is -2.29. The van der Waals surface area contributed by atoms with E-state index >= 15 is 0 Å². The van der Waals surface area contributed by atoms with E-state index in [1.54, 1.807) is 0 Å². The molecule has 0 bridgehead atoms. The van der Waals surface area contributed by atoms with Crippen molar-refractivity contribution in [3.63, 3.8) is 0 Å². The fourth-order valence-electron chi connectivity index (χ4n) is 1.81. The monoisotopic (exact) mass is 317 g/mol. The minimum Gasteiger partial charge on any atom is -0.423 e. The summed E-state index contributed by atoms with van der Waals surface area (Å²) in [6.45, 7) is -0.670. The Labute approximate surface area is 122 Å². The van der Waals surface area contributed by atoms with E-state index in [1.807, 2.05) is 0 Å². The van der Waals surface area contributed by atoms with Gasteiger partial charge in [0.05, 0.1) is 0 Å². The molecule has 3 N–H and O–H groups in total. The lowest BCUT2D eigenvalue weighted by Gasteiger charge is -2.11. The van der Waals surface area contributed by atoms with Gasteiger partial charge in [0, 0.05) is 17.8 Å². The molecule has 0 heterocycles. The largest absolute Gasteiger partial charge is 0.488 e. The van der Waals surface area contributed by atoms with Gasteiger partial charge < -0.3 is 15.4 Å². The summed E-state index contributed by atoms with van der Waals surface area (Å²) >= 11 is 0. The van der Waals surface area contributed by atoms with Crippen molar-refractivity contribution >= 4 is 18.3 Å². The van der Waals surface area contributed by atoms with Crippen LogP contribution in [-0.2, 0) is 6.54 Å². The fraction of sp³-hybridized carbons (Fsp3) is 0.0769. The molecule has 0 aliphatic rings. The molecule has 116 valence electrons. The Bertz CT molecular complexity index is 682. The molecule has 2 aromatic carbocycles. The van der Waals surface area contributed by atoms with E-state index in [1.165, 1.54) is 24.3 Å². The molecule has 0 saturated carbocycles. The molecule has 2 aromatic rings. The summed E-state index contributed by atoms with van der Waals surface area (Å²) < 4.78 is 65.9. The van der Waals surface area contributed by atoms with Crippen molar-refractivity contribution in [2.45, 2.75) is 6.54 Å². The highest BCUT2D eigenvalue weighted by atomic mass is 19.2. The maximum Gasteiger partial charge on any atom is 0.488 e. The molecule has 0 spiro atoms. The molecule has 0 unspecified atom stereocenters. The van der Waals surface area contributed by atoms with Crippen molar-refractivity contribution in [1.29, 1.82) is 0 Å². The number of hydrogen-bond donors (Lipinski definition) is 3. The average molecular weight is 317 g/mol. The van der Waals surface area contributed by atoms with Crippen LogP contribution in [0.5, 0.6) is 0 Å². The topological polar surface area (TPSA) is 52.5 Å². The first-order valence-electron chi connectivity index (χ1n) is 6.03. The lowest BCUT2D eigenvalue weighted by atomic mass is 9.80. The van der Waals surface area contributed by atoms with Crippen LogP contribution in [0.4, 0.5) is 27.6 Å². The van der Waals surface area contributed by atoms with Gasteiger partial charge in [-0.1, -0.05) is 12.1 Å². The van der Waals surface area contributed by atoms with Crippen molar-refractivity contribution in [3.05, 3.63) is 58.9 Å². The van der Waals surface area contributed by atoms with E-state index in [0.717, 1.165) is 0 Å². The van der Waals surface area contributed by atoms with Gasteiger partial charge in [-0.25, -0.2) is 22.0 Å². The molecule has 0 aromatic heterocycles. The molecule has 0 aliphatic carbocycles. The van der Waals surface area contributed by atoms with E-state index in [0.29, 0.717) is 0 Å². The van der Waals surface area contributed by atoms with Crippen LogP contribution in [0.25, 0.3) is 0 Å². The first kappa shape index (κ1) is 16.2. The summed E-state index contributed by atoms with van der Waals surface area (Å²) in [5, 5.41) is 20.4. The molecule has 0 atom stereocenters. The van der Waals surface area contributed by atoms with Gasteiger partial charge in [0.1, 0.15) is 0 Å². The third-order valence-electron chi connectivity index (χ3n) is 2.95. The summed E-state index contributed by atoms with van der Waals surface area (Å²) in [5.41, 5.74) is -0.691. The van der Waals surface area contributed by atoms with E-state index in [9.17, 15) is 22.0 Å². The zero-order valence-electron chi connectivity index (χ0n) is 10.9. The van der Waals surface area contributed by atoms with Crippen LogP contribution in [0.15, 0.2) is 24.3 Å². The first-order valence-corrected chi connectivity index (χ1v) is 6.03. The van der Waals surface area contributed by atoms with Crippen LogP contribution in [0, 0.1) is 29.1 Å². The number of nitrogens with one attached hydrogen (secondary N) is 1. The van der Waals surface area contributed by atoms with E-state index < -0.39 is 48.3 Å². The smallest absolute Gasteiger partial charge is 0.423 e. The maximum atomic E-state index is 13.5. The predicted molar refractivity (Wildman–Crippen MR) is 69.8 cm³/mol. The van der Waals surface area contributed by atoms with Crippen LogP contribution in [-0.4, -0.2) is 17.2 Å². The summed E-state index contributed by atoms with van der Waals surface area (Å²) in [5.74, 6) is -10.1.